The molecule has 0 bridgehead atoms. The van der Waals surface area contributed by atoms with Crippen LogP contribution in [0.5, 0.6) is 0 Å². The molecule has 0 spiro atoms. The molecule has 0 aromatic rings. The van der Waals surface area contributed by atoms with E-state index in [4.69, 9.17) is 10.6 Å². The molecule has 0 aromatic carbocycles. The summed E-state index contributed by atoms with van der Waals surface area (Å²) < 4.78 is 5.61. The first kappa shape index (κ1) is 13.9. The van der Waals surface area contributed by atoms with E-state index in [1.165, 1.54) is 19.3 Å². The van der Waals surface area contributed by atoms with Gasteiger partial charge in [-0.3, -0.25) is 11.3 Å². The Bertz CT molecular complexity index is 187. The van der Waals surface area contributed by atoms with Crippen LogP contribution in [0.3, 0.4) is 0 Å². The van der Waals surface area contributed by atoms with Crippen molar-refractivity contribution in [1.29, 1.82) is 0 Å². The molecule has 1 aliphatic carbocycles. The normalized spacial score (nSPS) is 32.6. The zero-order valence-electron chi connectivity index (χ0n) is 11.0. The van der Waals surface area contributed by atoms with Gasteiger partial charge in [-0.25, -0.2) is 0 Å². The highest BCUT2D eigenvalue weighted by Gasteiger charge is 2.29. The number of nitrogens with one attached hydrogen (secondary N) is 1. The van der Waals surface area contributed by atoms with Crippen LogP contribution in [-0.4, -0.2) is 19.3 Å². The molecule has 1 saturated carbocycles. The Morgan fingerprint density at radius 2 is 2.06 bits per heavy atom. The van der Waals surface area contributed by atoms with Gasteiger partial charge in [-0.2, -0.15) is 0 Å². The van der Waals surface area contributed by atoms with Gasteiger partial charge >= 0.3 is 0 Å². The number of ether oxygens (including phenoxy) is 1. The molecule has 16 heavy (non-hydrogen) atoms. The smallest absolute Gasteiger partial charge is 0.0635 e. The van der Waals surface area contributed by atoms with E-state index in [0.29, 0.717) is 12.0 Å². The summed E-state index contributed by atoms with van der Waals surface area (Å²) in [6, 6.07) is 0.335. The summed E-state index contributed by atoms with van der Waals surface area (Å²) in [4.78, 5) is 0. The maximum absolute atomic E-state index is 5.64. The molecule has 96 valence electrons. The van der Waals surface area contributed by atoms with E-state index in [-0.39, 0.29) is 0 Å². The Hall–Kier alpha value is -0.120. The summed E-state index contributed by atoms with van der Waals surface area (Å²) in [7, 11) is 0. The summed E-state index contributed by atoms with van der Waals surface area (Å²) in [5.74, 6) is 8.01. The predicted molar refractivity (Wildman–Crippen MR) is 67.9 cm³/mol. The second-order valence-electron chi connectivity index (χ2n) is 5.38. The molecule has 0 radical (unpaired) electrons. The van der Waals surface area contributed by atoms with Crippen molar-refractivity contribution in [3.8, 4) is 0 Å². The maximum Gasteiger partial charge on any atom is 0.0635 e. The first-order chi connectivity index (χ1) is 7.69. The third-order valence-electron chi connectivity index (χ3n) is 4.07. The van der Waals surface area contributed by atoms with E-state index in [1.54, 1.807) is 0 Å². The van der Waals surface area contributed by atoms with Crippen LogP contribution in [0.25, 0.3) is 0 Å². The monoisotopic (exact) mass is 228 g/mol. The van der Waals surface area contributed by atoms with Crippen molar-refractivity contribution in [2.24, 2.45) is 23.6 Å². The number of rotatable bonds is 6. The van der Waals surface area contributed by atoms with Gasteiger partial charge in [-0.05, 0) is 37.0 Å². The van der Waals surface area contributed by atoms with E-state index in [0.717, 1.165) is 31.5 Å². The van der Waals surface area contributed by atoms with E-state index in [1.807, 2.05) is 0 Å². The largest absolute Gasteiger partial charge is 0.380 e. The molecule has 0 aromatic heterocycles. The first-order valence-electron chi connectivity index (χ1n) is 6.72. The highest BCUT2D eigenvalue weighted by Crippen LogP contribution is 2.34. The Morgan fingerprint density at radius 3 is 2.62 bits per heavy atom. The molecule has 3 N–H and O–H groups in total. The minimum Gasteiger partial charge on any atom is -0.380 e. The molecule has 1 rings (SSSR count). The van der Waals surface area contributed by atoms with Crippen LogP contribution in [-0.2, 0) is 4.74 Å². The van der Waals surface area contributed by atoms with E-state index in [2.05, 4.69) is 26.2 Å². The van der Waals surface area contributed by atoms with Gasteiger partial charge in [0.2, 0.25) is 0 Å². The van der Waals surface area contributed by atoms with Crippen molar-refractivity contribution >= 4 is 0 Å². The molecular formula is C13H28N2O. The Morgan fingerprint density at radius 1 is 1.31 bits per heavy atom. The minimum atomic E-state index is 0.335. The molecule has 0 heterocycles. The second kappa shape index (κ2) is 7.25. The van der Waals surface area contributed by atoms with Gasteiger partial charge in [0.15, 0.2) is 0 Å². The summed E-state index contributed by atoms with van der Waals surface area (Å²) >= 11 is 0. The van der Waals surface area contributed by atoms with E-state index < -0.39 is 0 Å². The van der Waals surface area contributed by atoms with E-state index in [9.17, 15) is 0 Å². The molecular weight excluding hydrogens is 200 g/mol. The SMILES string of the molecule is CCCOCC(NN)C1CCC(C)C(C)C1. The van der Waals surface area contributed by atoms with Crippen LogP contribution in [0, 0.1) is 17.8 Å². The van der Waals surface area contributed by atoms with Gasteiger partial charge in [0.05, 0.1) is 6.61 Å². The summed E-state index contributed by atoms with van der Waals surface area (Å²) in [5.41, 5.74) is 2.94. The molecule has 1 aliphatic rings. The number of nitrogens with two attached hydrogens (primary N) is 1. The lowest BCUT2D eigenvalue weighted by Gasteiger charge is -2.36. The predicted octanol–water partition coefficient (Wildman–Crippen LogP) is 2.32. The molecule has 4 atom stereocenters. The van der Waals surface area contributed by atoms with E-state index >= 15 is 0 Å². The Labute approximate surface area is 100 Å². The van der Waals surface area contributed by atoms with Gasteiger partial charge in [0.25, 0.3) is 0 Å². The molecule has 4 unspecified atom stereocenters. The van der Waals surface area contributed by atoms with Crippen molar-refractivity contribution in [3.63, 3.8) is 0 Å². The Kier molecular flexibility index (Phi) is 6.32. The number of hydrazine groups is 1. The number of hydrogen-bond donors (Lipinski definition) is 2. The average molecular weight is 228 g/mol. The quantitative estimate of drug-likeness (QED) is 0.417. The van der Waals surface area contributed by atoms with Crippen LogP contribution in [0.4, 0.5) is 0 Å². The highest BCUT2D eigenvalue weighted by molar-refractivity contribution is 4.82. The number of hydrogen-bond acceptors (Lipinski definition) is 3. The highest BCUT2D eigenvalue weighted by atomic mass is 16.5. The summed E-state index contributed by atoms with van der Waals surface area (Å²) in [6.07, 6.45) is 4.98. The fourth-order valence-corrected chi connectivity index (χ4v) is 2.63. The van der Waals surface area contributed by atoms with Gasteiger partial charge < -0.3 is 4.74 Å². The van der Waals surface area contributed by atoms with Crippen molar-refractivity contribution in [2.75, 3.05) is 13.2 Å². The van der Waals surface area contributed by atoms with Crippen molar-refractivity contribution in [1.82, 2.24) is 5.43 Å². The van der Waals surface area contributed by atoms with Crippen molar-refractivity contribution in [2.45, 2.75) is 52.5 Å². The fraction of sp³-hybridized carbons (Fsp3) is 1.00. The third-order valence-corrected chi connectivity index (χ3v) is 4.07. The molecule has 0 amide bonds. The molecule has 1 fully saturated rings. The summed E-state index contributed by atoms with van der Waals surface area (Å²) in [6.45, 7) is 8.46. The van der Waals surface area contributed by atoms with Gasteiger partial charge in [0.1, 0.15) is 0 Å². The van der Waals surface area contributed by atoms with Crippen LogP contribution in [0.2, 0.25) is 0 Å². The fourth-order valence-electron chi connectivity index (χ4n) is 2.63. The lowest BCUT2D eigenvalue weighted by atomic mass is 9.73. The first-order valence-corrected chi connectivity index (χ1v) is 6.72. The third kappa shape index (κ3) is 4.04. The van der Waals surface area contributed by atoms with Gasteiger partial charge in [-0.1, -0.05) is 27.2 Å². The minimum absolute atomic E-state index is 0.335. The lowest BCUT2D eigenvalue weighted by molar-refractivity contribution is 0.0711. The molecule has 3 nitrogen and oxygen atoms in total. The lowest BCUT2D eigenvalue weighted by Crippen LogP contribution is -2.46. The van der Waals surface area contributed by atoms with Crippen molar-refractivity contribution in [3.05, 3.63) is 0 Å². The van der Waals surface area contributed by atoms with Gasteiger partial charge in [-0.15, -0.1) is 0 Å². The molecule has 0 aliphatic heterocycles. The molecule has 0 saturated heterocycles. The van der Waals surface area contributed by atoms with Crippen LogP contribution >= 0.6 is 0 Å². The maximum atomic E-state index is 5.64. The topological polar surface area (TPSA) is 47.3 Å². The zero-order chi connectivity index (χ0) is 12.0. The van der Waals surface area contributed by atoms with Gasteiger partial charge in [0, 0.05) is 12.6 Å². The van der Waals surface area contributed by atoms with Crippen LogP contribution in [0.1, 0.15) is 46.5 Å². The van der Waals surface area contributed by atoms with Crippen molar-refractivity contribution < 1.29 is 4.74 Å². The zero-order valence-corrected chi connectivity index (χ0v) is 11.0. The Balaban J connectivity index is 2.34. The second-order valence-corrected chi connectivity index (χ2v) is 5.38. The standard InChI is InChI=1S/C13H28N2O/c1-4-7-16-9-13(15-14)12-6-5-10(2)11(3)8-12/h10-13,15H,4-9,14H2,1-3H3. The van der Waals surface area contributed by atoms with Crippen LogP contribution in [0.15, 0.2) is 0 Å². The molecule has 3 heteroatoms. The summed E-state index contributed by atoms with van der Waals surface area (Å²) in [5, 5.41) is 0. The average Bonchev–Trinajstić information content (AvgIpc) is 2.29. The van der Waals surface area contributed by atoms with Crippen LogP contribution < -0.4 is 11.3 Å².